The number of H-pyrrole nitrogens is 1. The molecule has 0 aliphatic rings. The average molecular weight is 291 g/mol. The van der Waals surface area contributed by atoms with E-state index in [1.54, 1.807) is 19.3 Å². The molecule has 20 heavy (non-hydrogen) atoms. The molecule has 0 fully saturated rings. The second-order valence-electron chi connectivity index (χ2n) is 3.84. The zero-order valence-electron chi connectivity index (χ0n) is 10.8. The van der Waals surface area contributed by atoms with Gasteiger partial charge in [-0.05, 0) is 6.92 Å². The third kappa shape index (κ3) is 2.73. The molecule has 0 bridgehead atoms. The van der Waals surface area contributed by atoms with E-state index < -0.39 is 5.97 Å². The molecular formula is C12H13N5O2S. The van der Waals surface area contributed by atoms with E-state index in [2.05, 4.69) is 15.5 Å². The van der Waals surface area contributed by atoms with E-state index >= 15 is 0 Å². The van der Waals surface area contributed by atoms with Gasteiger partial charge in [0.15, 0.2) is 0 Å². The molecule has 0 unspecified atom stereocenters. The Morgan fingerprint density at radius 3 is 3.10 bits per heavy atom. The molecule has 0 amide bonds. The lowest BCUT2D eigenvalue weighted by molar-refractivity contribution is 0.0533. The number of nitrogens with zero attached hydrogens (tertiary/aromatic N) is 2. The van der Waals surface area contributed by atoms with Crippen LogP contribution in [-0.4, -0.2) is 22.8 Å². The molecule has 0 saturated heterocycles. The number of aromatic amines is 1. The number of hydrogen-bond acceptors (Lipinski definition) is 7. The molecule has 8 heteroatoms. The van der Waals surface area contributed by atoms with Crippen LogP contribution in [0.1, 0.15) is 27.7 Å². The van der Waals surface area contributed by atoms with E-state index in [-0.39, 0.29) is 22.7 Å². The summed E-state index contributed by atoms with van der Waals surface area (Å²) >= 11 is 1.12. The van der Waals surface area contributed by atoms with E-state index in [9.17, 15) is 4.79 Å². The van der Waals surface area contributed by atoms with Gasteiger partial charge in [0.1, 0.15) is 21.5 Å². The average Bonchev–Trinajstić information content (AvgIpc) is 3.04. The van der Waals surface area contributed by atoms with Crippen molar-refractivity contribution in [1.29, 1.82) is 5.26 Å². The van der Waals surface area contributed by atoms with Crippen LogP contribution in [0.5, 0.6) is 0 Å². The molecule has 7 nitrogen and oxygen atoms in total. The first-order chi connectivity index (χ1) is 9.67. The number of hydrogen-bond donors (Lipinski definition) is 3. The normalized spacial score (nSPS) is 10.0. The van der Waals surface area contributed by atoms with Crippen LogP contribution in [0.25, 0.3) is 0 Å². The molecule has 0 spiro atoms. The molecule has 0 aliphatic carbocycles. The van der Waals surface area contributed by atoms with E-state index in [1.807, 2.05) is 6.07 Å². The van der Waals surface area contributed by atoms with Gasteiger partial charge < -0.3 is 15.8 Å². The molecule has 0 radical (unpaired) electrons. The van der Waals surface area contributed by atoms with Gasteiger partial charge in [0.05, 0.1) is 18.5 Å². The van der Waals surface area contributed by atoms with Gasteiger partial charge in [-0.2, -0.15) is 10.4 Å². The fourth-order valence-corrected chi connectivity index (χ4v) is 2.54. The number of carbonyl (C=O) groups is 1. The first-order valence-electron chi connectivity index (χ1n) is 5.88. The van der Waals surface area contributed by atoms with Gasteiger partial charge in [-0.3, -0.25) is 5.10 Å². The van der Waals surface area contributed by atoms with Crippen molar-refractivity contribution in [3.8, 4) is 6.07 Å². The van der Waals surface area contributed by atoms with Crippen molar-refractivity contribution in [2.24, 2.45) is 0 Å². The first kappa shape index (κ1) is 13.9. The van der Waals surface area contributed by atoms with Crippen molar-refractivity contribution in [2.45, 2.75) is 13.5 Å². The van der Waals surface area contributed by atoms with Crippen LogP contribution >= 0.6 is 11.3 Å². The fraction of sp³-hybridized carbons (Fsp3) is 0.250. The number of rotatable bonds is 5. The first-order valence-corrected chi connectivity index (χ1v) is 6.70. The quantitative estimate of drug-likeness (QED) is 0.722. The highest BCUT2D eigenvalue weighted by Gasteiger charge is 2.21. The summed E-state index contributed by atoms with van der Waals surface area (Å²) in [6, 6.07) is 2.00. The third-order valence-corrected chi connectivity index (χ3v) is 3.67. The van der Waals surface area contributed by atoms with E-state index in [1.165, 1.54) is 0 Å². The van der Waals surface area contributed by atoms with Gasteiger partial charge in [-0.15, -0.1) is 11.3 Å². The van der Waals surface area contributed by atoms with Crippen LogP contribution < -0.4 is 11.1 Å². The molecule has 4 N–H and O–H groups in total. The Kier molecular flexibility index (Phi) is 4.22. The minimum atomic E-state index is -0.511. The number of nitrogen functional groups attached to an aromatic ring is 1. The summed E-state index contributed by atoms with van der Waals surface area (Å²) in [6.45, 7) is 2.45. The standard InChI is InChI=1S/C12H13N5O2S/c1-2-19-12(18)10-9(14)8(3-13)11(20-10)15-4-7-5-16-17-6-7/h5-6,15H,2,4,14H2,1H3,(H,16,17). The maximum absolute atomic E-state index is 11.7. The predicted molar refractivity (Wildman–Crippen MR) is 75.3 cm³/mol. The molecule has 0 aliphatic heterocycles. The molecule has 0 aromatic carbocycles. The summed E-state index contributed by atoms with van der Waals surface area (Å²) in [5.74, 6) is -0.511. The highest BCUT2D eigenvalue weighted by molar-refractivity contribution is 7.18. The number of anilines is 2. The van der Waals surface area contributed by atoms with Gasteiger partial charge in [0, 0.05) is 18.3 Å². The summed E-state index contributed by atoms with van der Waals surface area (Å²) in [4.78, 5) is 12.0. The molecule has 2 aromatic heterocycles. The lowest BCUT2D eigenvalue weighted by Crippen LogP contribution is -2.05. The number of thiophene rings is 1. The molecular weight excluding hydrogens is 278 g/mol. The summed E-state index contributed by atoms with van der Waals surface area (Å²) < 4.78 is 4.91. The Morgan fingerprint density at radius 1 is 1.70 bits per heavy atom. The van der Waals surface area contributed by atoms with Crippen molar-refractivity contribution >= 4 is 28.0 Å². The summed E-state index contributed by atoms with van der Waals surface area (Å²) in [5, 5.41) is 19.3. The van der Waals surface area contributed by atoms with Gasteiger partial charge in [-0.1, -0.05) is 0 Å². The van der Waals surface area contributed by atoms with Crippen molar-refractivity contribution in [1.82, 2.24) is 10.2 Å². The van der Waals surface area contributed by atoms with Crippen LogP contribution in [0.15, 0.2) is 12.4 Å². The third-order valence-electron chi connectivity index (χ3n) is 2.53. The van der Waals surface area contributed by atoms with Gasteiger partial charge in [0.25, 0.3) is 0 Å². The highest BCUT2D eigenvalue weighted by atomic mass is 32.1. The number of nitriles is 1. The van der Waals surface area contributed by atoms with Crippen LogP contribution in [0.4, 0.5) is 10.7 Å². The van der Waals surface area contributed by atoms with Crippen molar-refractivity contribution < 1.29 is 9.53 Å². The predicted octanol–water partition coefficient (Wildman–Crippen LogP) is 1.71. The topological polar surface area (TPSA) is 117 Å². The van der Waals surface area contributed by atoms with E-state index in [0.717, 1.165) is 16.9 Å². The van der Waals surface area contributed by atoms with Crippen LogP contribution in [0.3, 0.4) is 0 Å². The van der Waals surface area contributed by atoms with Crippen molar-refractivity contribution in [3.05, 3.63) is 28.4 Å². The highest BCUT2D eigenvalue weighted by Crippen LogP contribution is 2.35. The summed E-state index contributed by atoms with van der Waals surface area (Å²) in [6.07, 6.45) is 3.41. The smallest absolute Gasteiger partial charge is 0.350 e. The Bertz CT molecular complexity index is 642. The second kappa shape index (κ2) is 6.08. The maximum Gasteiger partial charge on any atom is 0.350 e. The van der Waals surface area contributed by atoms with E-state index in [0.29, 0.717) is 11.5 Å². The van der Waals surface area contributed by atoms with Gasteiger partial charge >= 0.3 is 5.97 Å². The minimum Gasteiger partial charge on any atom is -0.462 e. The Hall–Kier alpha value is -2.53. The molecule has 104 valence electrons. The lowest BCUT2D eigenvalue weighted by atomic mass is 10.2. The Labute approximate surface area is 119 Å². The second-order valence-corrected chi connectivity index (χ2v) is 4.86. The number of aromatic nitrogens is 2. The lowest BCUT2D eigenvalue weighted by Gasteiger charge is -2.01. The largest absolute Gasteiger partial charge is 0.462 e. The zero-order valence-corrected chi connectivity index (χ0v) is 11.6. The van der Waals surface area contributed by atoms with Gasteiger partial charge in [-0.25, -0.2) is 4.79 Å². The monoisotopic (exact) mass is 291 g/mol. The Morgan fingerprint density at radius 2 is 2.50 bits per heavy atom. The van der Waals surface area contributed by atoms with Crippen molar-refractivity contribution in [2.75, 3.05) is 17.7 Å². The van der Waals surface area contributed by atoms with Gasteiger partial charge in [0.2, 0.25) is 0 Å². The molecule has 0 saturated carbocycles. The fourth-order valence-electron chi connectivity index (χ4n) is 1.58. The number of esters is 1. The van der Waals surface area contributed by atoms with Crippen molar-refractivity contribution in [3.63, 3.8) is 0 Å². The summed E-state index contributed by atoms with van der Waals surface area (Å²) in [5.41, 5.74) is 7.18. The number of nitrogens with one attached hydrogen (secondary N) is 2. The molecule has 2 aromatic rings. The van der Waals surface area contributed by atoms with Crippen LogP contribution in [-0.2, 0) is 11.3 Å². The van der Waals surface area contributed by atoms with Crippen LogP contribution in [0.2, 0.25) is 0 Å². The minimum absolute atomic E-state index is 0.158. The maximum atomic E-state index is 11.7. The number of nitrogens with two attached hydrogens (primary N) is 1. The zero-order chi connectivity index (χ0) is 14.5. The molecule has 2 rings (SSSR count). The SMILES string of the molecule is CCOC(=O)c1sc(NCc2cn[nH]c2)c(C#N)c1N. The molecule has 0 atom stereocenters. The van der Waals surface area contributed by atoms with Crippen LogP contribution in [0, 0.1) is 11.3 Å². The Balaban J connectivity index is 2.22. The number of ether oxygens (including phenoxy) is 1. The summed E-state index contributed by atoms with van der Waals surface area (Å²) in [7, 11) is 0. The number of carbonyl (C=O) groups excluding carboxylic acids is 1. The van der Waals surface area contributed by atoms with E-state index in [4.69, 9.17) is 15.7 Å². The molecule has 2 heterocycles.